The first-order valence-corrected chi connectivity index (χ1v) is 8.12. The van der Waals surface area contributed by atoms with Gasteiger partial charge in [0.15, 0.2) is 6.54 Å². The summed E-state index contributed by atoms with van der Waals surface area (Å²) in [5.74, 6) is 0.150. The van der Waals surface area contributed by atoms with Gasteiger partial charge in [0.05, 0.1) is 11.1 Å². The number of nitrogens with two attached hydrogens (primary N) is 1. The number of quaternary nitrogens is 1. The lowest BCUT2D eigenvalue weighted by Gasteiger charge is -2.22. The summed E-state index contributed by atoms with van der Waals surface area (Å²) in [4.78, 5) is 12.1. The maximum atomic E-state index is 12.1. The number of halogens is 2. The predicted octanol–water partition coefficient (Wildman–Crippen LogP) is 2.43. The van der Waals surface area contributed by atoms with Crippen LogP contribution < -0.4 is 10.6 Å². The lowest BCUT2D eigenvalue weighted by Crippen LogP contribution is -2.87. The van der Waals surface area contributed by atoms with Gasteiger partial charge in [0.2, 0.25) is 0 Å². The first-order chi connectivity index (χ1) is 10.4. The molecule has 1 fully saturated rings. The Hall–Kier alpha value is -1.28. The van der Waals surface area contributed by atoms with Crippen LogP contribution in [-0.2, 0) is 4.79 Å². The largest absolute Gasteiger partial charge is 0.333 e. The van der Waals surface area contributed by atoms with Gasteiger partial charge in [-0.3, -0.25) is 4.79 Å². The molecule has 0 aromatic heterocycles. The molecular formula is C16H20Cl2N3O+. The number of rotatable bonds is 6. The fourth-order valence-electron chi connectivity index (χ4n) is 2.50. The Morgan fingerprint density at radius 3 is 2.77 bits per heavy atom. The van der Waals surface area contributed by atoms with Gasteiger partial charge < -0.3 is 10.6 Å². The van der Waals surface area contributed by atoms with Crippen molar-refractivity contribution in [1.29, 1.82) is 5.26 Å². The zero-order valence-electron chi connectivity index (χ0n) is 12.7. The molecule has 2 rings (SSSR count). The van der Waals surface area contributed by atoms with E-state index in [1.54, 1.807) is 19.1 Å². The van der Waals surface area contributed by atoms with E-state index in [1.165, 1.54) is 0 Å². The minimum atomic E-state index is -0.744. The Morgan fingerprint density at radius 2 is 2.23 bits per heavy atom. The lowest BCUT2D eigenvalue weighted by molar-refractivity contribution is -0.682. The Balaban J connectivity index is 1.89. The average Bonchev–Trinajstić information content (AvgIpc) is 3.29. The fourth-order valence-corrected chi connectivity index (χ4v) is 3.08. The molecule has 0 saturated heterocycles. The van der Waals surface area contributed by atoms with E-state index >= 15 is 0 Å². The van der Waals surface area contributed by atoms with Gasteiger partial charge in [-0.1, -0.05) is 29.3 Å². The number of carbonyl (C=O) groups is 1. The molecular weight excluding hydrogens is 321 g/mol. The van der Waals surface area contributed by atoms with Gasteiger partial charge in [-0.15, -0.1) is 0 Å². The van der Waals surface area contributed by atoms with E-state index in [9.17, 15) is 10.1 Å². The number of hydrogen-bond donors (Lipinski definition) is 2. The predicted molar refractivity (Wildman–Crippen MR) is 86.6 cm³/mol. The molecule has 1 amide bonds. The number of benzene rings is 1. The van der Waals surface area contributed by atoms with Gasteiger partial charge in [-0.05, 0) is 44.7 Å². The van der Waals surface area contributed by atoms with E-state index in [0.717, 1.165) is 18.4 Å². The molecule has 22 heavy (non-hydrogen) atoms. The highest BCUT2D eigenvalue weighted by Crippen LogP contribution is 2.39. The average molecular weight is 341 g/mol. The zero-order valence-corrected chi connectivity index (χ0v) is 14.2. The third-order valence-corrected chi connectivity index (χ3v) is 4.70. The Labute approximate surface area is 140 Å². The molecule has 0 spiro atoms. The van der Waals surface area contributed by atoms with Crippen LogP contribution in [0.25, 0.3) is 0 Å². The molecule has 0 aliphatic heterocycles. The highest BCUT2D eigenvalue weighted by atomic mass is 35.5. The van der Waals surface area contributed by atoms with E-state index in [0.29, 0.717) is 10.0 Å². The van der Waals surface area contributed by atoms with Crippen LogP contribution in [-0.4, -0.2) is 18.0 Å². The quantitative estimate of drug-likeness (QED) is 0.834. The van der Waals surface area contributed by atoms with Gasteiger partial charge in [0, 0.05) is 10.6 Å². The van der Waals surface area contributed by atoms with Crippen molar-refractivity contribution in [3.05, 3.63) is 33.8 Å². The molecule has 1 aliphatic rings. The van der Waals surface area contributed by atoms with E-state index in [4.69, 9.17) is 23.2 Å². The second kappa shape index (κ2) is 6.87. The minimum absolute atomic E-state index is 0.0322. The van der Waals surface area contributed by atoms with Crippen LogP contribution in [0.15, 0.2) is 18.2 Å². The van der Waals surface area contributed by atoms with Crippen LogP contribution in [0.4, 0.5) is 0 Å². The smallest absolute Gasteiger partial charge is 0.276 e. The van der Waals surface area contributed by atoms with Crippen molar-refractivity contribution in [3.63, 3.8) is 0 Å². The van der Waals surface area contributed by atoms with Crippen LogP contribution in [0.5, 0.6) is 0 Å². The maximum absolute atomic E-state index is 12.1. The summed E-state index contributed by atoms with van der Waals surface area (Å²) in [6, 6.07) is 7.61. The number of nitriles is 1. The van der Waals surface area contributed by atoms with Gasteiger partial charge in [0.25, 0.3) is 5.91 Å². The van der Waals surface area contributed by atoms with Crippen molar-refractivity contribution in [2.24, 2.45) is 5.92 Å². The van der Waals surface area contributed by atoms with E-state index < -0.39 is 5.54 Å². The molecule has 0 bridgehead atoms. The second-order valence-corrected chi connectivity index (χ2v) is 6.87. The first-order valence-electron chi connectivity index (χ1n) is 7.36. The molecule has 0 radical (unpaired) electrons. The minimum Gasteiger partial charge on any atom is -0.333 e. The summed E-state index contributed by atoms with van der Waals surface area (Å²) < 4.78 is 0. The summed E-state index contributed by atoms with van der Waals surface area (Å²) in [6.07, 6.45) is 2.01. The summed E-state index contributed by atoms with van der Waals surface area (Å²) in [7, 11) is 0. The van der Waals surface area contributed by atoms with Crippen LogP contribution >= 0.6 is 23.2 Å². The summed E-state index contributed by atoms with van der Waals surface area (Å²) in [5.41, 5.74) is 0.190. The number of nitrogens with zero attached hydrogens (tertiary/aromatic N) is 1. The highest BCUT2D eigenvalue weighted by molar-refractivity contribution is 6.35. The molecule has 6 heteroatoms. The molecule has 1 saturated carbocycles. The van der Waals surface area contributed by atoms with E-state index in [1.807, 2.05) is 18.3 Å². The molecule has 0 unspecified atom stereocenters. The fraction of sp³-hybridized carbons (Fsp3) is 0.500. The Bertz CT molecular complexity index is 610. The summed E-state index contributed by atoms with van der Waals surface area (Å²) in [6.45, 7) is 4.03. The first kappa shape index (κ1) is 17.1. The standard InChI is InChI=1S/C16H19Cl2N3O/c1-10(13-6-5-12(17)7-14(13)18)20-8-15(22)21-16(2,9-19)11-3-4-11/h5-7,10-11,20H,3-4,8H2,1-2H3,(H,21,22)/p+1/t10-,16-/m1/s1. The van der Waals surface area contributed by atoms with Crippen LogP contribution in [0, 0.1) is 17.2 Å². The van der Waals surface area contributed by atoms with Gasteiger partial charge in [0.1, 0.15) is 11.6 Å². The number of carbonyl (C=O) groups excluding carboxylic acids is 1. The lowest BCUT2D eigenvalue weighted by atomic mass is 9.98. The third kappa shape index (κ3) is 4.13. The molecule has 1 aromatic carbocycles. The summed E-state index contributed by atoms with van der Waals surface area (Å²) >= 11 is 12.1. The zero-order chi connectivity index (χ0) is 16.3. The molecule has 118 valence electrons. The third-order valence-electron chi connectivity index (χ3n) is 4.14. The van der Waals surface area contributed by atoms with Gasteiger partial charge in [-0.2, -0.15) is 5.26 Å². The number of amides is 1. The van der Waals surface area contributed by atoms with Crippen molar-refractivity contribution < 1.29 is 10.1 Å². The Kier molecular flexibility index (Phi) is 5.33. The summed E-state index contributed by atoms with van der Waals surface area (Å²) in [5, 5.41) is 15.2. The van der Waals surface area contributed by atoms with Gasteiger partial charge >= 0.3 is 0 Å². The second-order valence-electron chi connectivity index (χ2n) is 6.03. The van der Waals surface area contributed by atoms with Crippen molar-refractivity contribution in [1.82, 2.24) is 5.32 Å². The Morgan fingerprint density at radius 1 is 1.55 bits per heavy atom. The van der Waals surface area contributed by atoms with Crippen LogP contribution in [0.3, 0.4) is 0 Å². The molecule has 4 nitrogen and oxygen atoms in total. The van der Waals surface area contributed by atoms with Crippen molar-refractivity contribution in [3.8, 4) is 6.07 Å². The van der Waals surface area contributed by atoms with Gasteiger partial charge in [-0.25, -0.2) is 0 Å². The van der Waals surface area contributed by atoms with E-state index in [2.05, 4.69) is 11.4 Å². The number of nitrogens with one attached hydrogen (secondary N) is 1. The van der Waals surface area contributed by atoms with Crippen LogP contribution in [0.1, 0.15) is 38.3 Å². The normalized spacial score (nSPS) is 18.1. The topological polar surface area (TPSA) is 69.5 Å². The van der Waals surface area contributed by atoms with Crippen LogP contribution in [0.2, 0.25) is 10.0 Å². The van der Waals surface area contributed by atoms with E-state index in [-0.39, 0.29) is 24.4 Å². The molecule has 1 aliphatic carbocycles. The molecule has 0 heterocycles. The van der Waals surface area contributed by atoms with Crippen molar-refractivity contribution in [2.45, 2.75) is 38.3 Å². The maximum Gasteiger partial charge on any atom is 0.276 e. The molecule has 3 N–H and O–H groups in total. The molecule has 2 atom stereocenters. The van der Waals surface area contributed by atoms with Crippen molar-refractivity contribution in [2.75, 3.05) is 6.54 Å². The number of hydrogen-bond acceptors (Lipinski definition) is 2. The molecule has 1 aromatic rings. The monoisotopic (exact) mass is 340 g/mol. The SMILES string of the molecule is C[C@@H]([NH2+]CC(=O)N[C@](C)(C#N)C1CC1)c1ccc(Cl)cc1Cl. The highest BCUT2D eigenvalue weighted by Gasteiger charge is 2.43. The van der Waals surface area contributed by atoms with Crippen molar-refractivity contribution >= 4 is 29.1 Å².